The minimum Gasteiger partial charge on any atom is -0.497 e. The summed E-state index contributed by atoms with van der Waals surface area (Å²) < 4.78 is 5.15. The van der Waals surface area contributed by atoms with Crippen molar-refractivity contribution in [2.75, 3.05) is 18.6 Å². The molecule has 0 aliphatic carbocycles. The lowest BCUT2D eigenvalue weighted by molar-refractivity contribution is -0.118. The average Bonchev–Trinajstić information content (AvgIpc) is 2.39. The van der Waals surface area contributed by atoms with Crippen molar-refractivity contribution in [1.82, 2.24) is 0 Å². The SMILES string of the molecule is CCCC(=O)N1CCC(=O)c2ccc(OC)cc21. The molecule has 0 aromatic heterocycles. The zero-order chi connectivity index (χ0) is 13.1. The topological polar surface area (TPSA) is 46.6 Å². The number of nitrogens with zero attached hydrogens (tertiary/aromatic N) is 1. The van der Waals surface area contributed by atoms with Gasteiger partial charge in [0.05, 0.1) is 12.8 Å². The molecule has 1 aliphatic rings. The molecule has 0 saturated heterocycles. The average molecular weight is 247 g/mol. The van der Waals surface area contributed by atoms with Gasteiger partial charge in [-0.25, -0.2) is 0 Å². The second-order valence-corrected chi connectivity index (χ2v) is 4.35. The molecule has 0 atom stereocenters. The van der Waals surface area contributed by atoms with Crippen LogP contribution in [0.25, 0.3) is 0 Å². The van der Waals surface area contributed by atoms with E-state index in [1.54, 1.807) is 30.2 Å². The Morgan fingerprint density at radius 3 is 2.89 bits per heavy atom. The van der Waals surface area contributed by atoms with Gasteiger partial charge in [0, 0.05) is 31.0 Å². The molecule has 0 spiro atoms. The molecule has 1 heterocycles. The number of anilines is 1. The molecule has 1 amide bonds. The first-order valence-electron chi connectivity index (χ1n) is 6.19. The van der Waals surface area contributed by atoms with Crippen molar-refractivity contribution in [3.05, 3.63) is 23.8 Å². The number of carbonyl (C=O) groups excluding carboxylic acids is 2. The monoisotopic (exact) mass is 247 g/mol. The highest BCUT2D eigenvalue weighted by molar-refractivity contribution is 6.09. The third kappa shape index (κ3) is 2.23. The van der Waals surface area contributed by atoms with E-state index in [0.717, 1.165) is 6.42 Å². The highest BCUT2D eigenvalue weighted by Crippen LogP contribution is 2.31. The lowest BCUT2D eigenvalue weighted by atomic mass is 9.99. The molecule has 1 aliphatic heterocycles. The third-order valence-corrected chi connectivity index (χ3v) is 3.12. The smallest absolute Gasteiger partial charge is 0.227 e. The van der Waals surface area contributed by atoms with Crippen LogP contribution in [-0.4, -0.2) is 25.3 Å². The van der Waals surface area contributed by atoms with Gasteiger partial charge >= 0.3 is 0 Å². The number of rotatable bonds is 3. The number of benzene rings is 1. The van der Waals surface area contributed by atoms with E-state index in [1.807, 2.05) is 6.92 Å². The van der Waals surface area contributed by atoms with Crippen LogP contribution in [0.3, 0.4) is 0 Å². The molecule has 18 heavy (non-hydrogen) atoms. The van der Waals surface area contributed by atoms with E-state index in [4.69, 9.17) is 4.74 Å². The molecule has 1 aromatic carbocycles. The molecule has 0 unspecified atom stereocenters. The summed E-state index contributed by atoms with van der Waals surface area (Å²) in [6, 6.07) is 5.26. The van der Waals surface area contributed by atoms with Gasteiger partial charge in [-0.2, -0.15) is 0 Å². The predicted molar refractivity (Wildman–Crippen MR) is 69.2 cm³/mol. The van der Waals surface area contributed by atoms with Gasteiger partial charge in [0.25, 0.3) is 0 Å². The first kappa shape index (κ1) is 12.6. The summed E-state index contributed by atoms with van der Waals surface area (Å²) in [6.07, 6.45) is 1.71. The van der Waals surface area contributed by atoms with Crippen molar-refractivity contribution in [2.24, 2.45) is 0 Å². The van der Waals surface area contributed by atoms with E-state index in [-0.39, 0.29) is 11.7 Å². The Bertz CT molecular complexity index is 482. The fraction of sp³-hybridized carbons (Fsp3) is 0.429. The number of Topliss-reactive ketones (excluding diaryl/α,β-unsaturated/α-hetero) is 1. The zero-order valence-electron chi connectivity index (χ0n) is 10.7. The predicted octanol–water partition coefficient (Wildman–Crippen LogP) is 2.41. The standard InChI is InChI=1S/C14H17NO3/c1-3-4-14(17)15-8-7-13(16)11-6-5-10(18-2)9-12(11)15/h5-6,9H,3-4,7-8H2,1-2H3. The van der Waals surface area contributed by atoms with Crippen LogP contribution in [0.5, 0.6) is 5.75 Å². The normalized spacial score (nSPS) is 14.3. The van der Waals surface area contributed by atoms with E-state index < -0.39 is 0 Å². The first-order valence-corrected chi connectivity index (χ1v) is 6.19. The van der Waals surface area contributed by atoms with Gasteiger partial charge < -0.3 is 9.64 Å². The van der Waals surface area contributed by atoms with Gasteiger partial charge in [-0.05, 0) is 18.6 Å². The van der Waals surface area contributed by atoms with Crippen molar-refractivity contribution in [3.8, 4) is 5.75 Å². The number of ether oxygens (including phenoxy) is 1. The van der Waals surface area contributed by atoms with E-state index >= 15 is 0 Å². The summed E-state index contributed by atoms with van der Waals surface area (Å²) in [5.74, 6) is 0.824. The Morgan fingerprint density at radius 1 is 1.44 bits per heavy atom. The maximum Gasteiger partial charge on any atom is 0.227 e. The quantitative estimate of drug-likeness (QED) is 0.824. The van der Waals surface area contributed by atoms with Crippen molar-refractivity contribution in [1.29, 1.82) is 0 Å². The van der Waals surface area contributed by atoms with Gasteiger partial charge in [-0.3, -0.25) is 9.59 Å². The number of ketones is 1. The summed E-state index contributed by atoms with van der Waals surface area (Å²) in [7, 11) is 1.57. The van der Waals surface area contributed by atoms with Gasteiger partial charge in [0.15, 0.2) is 5.78 Å². The second kappa shape index (κ2) is 5.21. The summed E-state index contributed by atoms with van der Waals surface area (Å²) in [5, 5.41) is 0. The molecule has 0 bridgehead atoms. The Balaban J connectivity index is 2.41. The van der Waals surface area contributed by atoms with Crippen LogP contribution < -0.4 is 9.64 Å². The Kier molecular flexibility index (Phi) is 3.65. The van der Waals surface area contributed by atoms with Crippen LogP contribution in [-0.2, 0) is 4.79 Å². The largest absolute Gasteiger partial charge is 0.497 e. The highest BCUT2D eigenvalue weighted by Gasteiger charge is 2.27. The molecule has 96 valence electrons. The Hall–Kier alpha value is -1.84. The van der Waals surface area contributed by atoms with Crippen molar-refractivity contribution >= 4 is 17.4 Å². The molecule has 2 rings (SSSR count). The van der Waals surface area contributed by atoms with Crippen molar-refractivity contribution in [2.45, 2.75) is 26.2 Å². The highest BCUT2D eigenvalue weighted by atomic mass is 16.5. The maximum atomic E-state index is 12.0. The van der Waals surface area contributed by atoms with Crippen molar-refractivity contribution < 1.29 is 14.3 Å². The summed E-state index contributed by atoms with van der Waals surface area (Å²) in [5.41, 5.74) is 1.30. The third-order valence-electron chi connectivity index (χ3n) is 3.12. The van der Waals surface area contributed by atoms with Crippen LogP contribution >= 0.6 is 0 Å². The summed E-state index contributed by atoms with van der Waals surface area (Å²) in [4.78, 5) is 25.6. The maximum absolute atomic E-state index is 12.0. The van der Waals surface area contributed by atoms with Crippen molar-refractivity contribution in [3.63, 3.8) is 0 Å². The number of hydrogen-bond acceptors (Lipinski definition) is 3. The molecule has 4 heteroatoms. The molecule has 1 aromatic rings. The van der Waals surface area contributed by atoms with E-state index in [2.05, 4.69) is 0 Å². The minimum absolute atomic E-state index is 0.0690. The number of fused-ring (bicyclic) bond motifs is 1. The lowest BCUT2D eigenvalue weighted by Crippen LogP contribution is -2.37. The van der Waals surface area contributed by atoms with E-state index in [1.165, 1.54) is 0 Å². The van der Waals surface area contributed by atoms with Crippen LogP contribution in [0, 0.1) is 0 Å². The van der Waals surface area contributed by atoms with Crippen LogP contribution in [0.15, 0.2) is 18.2 Å². The van der Waals surface area contributed by atoms with Crippen LogP contribution in [0.4, 0.5) is 5.69 Å². The van der Waals surface area contributed by atoms with Gasteiger partial charge in [0.2, 0.25) is 5.91 Å². The zero-order valence-corrected chi connectivity index (χ0v) is 10.7. The molecular formula is C14H17NO3. The number of carbonyl (C=O) groups is 2. The van der Waals surface area contributed by atoms with E-state index in [9.17, 15) is 9.59 Å². The van der Waals surface area contributed by atoms with Crippen LogP contribution in [0.1, 0.15) is 36.5 Å². The number of amides is 1. The summed E-state index contributed by atoms with van der Waals surface area (Å²) >= 11 is 0. The Morgan fingerprint density at radius 2 is 2.22 bits per heavy atom. The minimum atomic E-state index is 0.0690. The first-order chi connectivity index (χ1) is 8.67. The summed E-state index contributed by atoms with van der Waals surface area (Å²) in [6.45, 7) is 2.44. The molecule has 0 N–H and O–H groups in total. The van der Waals surface area contributed by atoms with E-state index in [0.29, 0.717) is 36.4 Å². The Labute approximate surface area is 107 Å². The molecule has 4 nitrogen and oxygen atoms in total. The molecule has 0 saturated carbocycles. The fourth-order valence-corrected chi connectivity index (χ4v) is 2.17. The molecular weight excluding hydrogens is 230 g/mol. The second-order valence-electron chi connectivity index (χ2n) is 4.35. The van der Waals surface area contributed by atoms with Crippen LogP contribution in [0.2, 0.25) is 0 Å². The van der Waals surface area contributed by atoms with Gasteiger partial charge in [-0.15, -0.1) is 0 Å². The lowest BCUT2D eigenvalue weighted by Gasteiger charge is -2.29. The van der Waals surface area contributed by atoms with Gasteiger partial charge in [0.1, 0.15) is 5.75 Å². The van der Waals surface area contributed by atoms with Gasteiger partial charge in [-0.1, -0.05) is 6.92 Å². The molecule has 0 fully saturated rings. The fourth-order valence-electron chi connectivity index (χ4n) is 2.17. The number of methoxy groups -OCH3 is 1. The number of hydrogen-bond donors (Lipinski definition) is 0. The molecule has 0 radical (unpaired) electrons.